The highest BCUT2D eigenvalue weighted by Gasteiger charge is 2.24. The molecule has 0 spiro atoms. The van der Waals surface area contributed by atoms with Crippen molar-refractivity contribution in [2.75, 3.05) is 18.4 Å². The Morgan fingerprint density at radius 3 is 2.63 bits per heavy atom. The van der Waals surface area contributed by atoms with Crippen LogP contribution in [-0.2, 0) is 0 Å². The molecule has 0 saturated carbocycles. The van der Waals surface area contributed by atoms with Crippen LogP contribution in [0.15, 0.2) is 55.2 Å². The molecule has 138 valence electrons. The Morgan fingerprint density at radius 2 is 1.93 bits per heavy atom. The number of likely N-dealkylation sites (tertiary alicyclic amines) is 1. The Labute approximate surface area is 162 Å². The Kier molecular flexibility index (Phi) is 5.02. The molecule has 2 aromatic heterocycles. The largest absolute Gasteiger partial charge is 0.324 e. The molecule has 0 atom stereocenters. The van der Waals surface area contributed by atoms with Gasteiger partial charge in [0.05, 0.1) is 23.8 Å². The summed E-state index contributed by atoms with van der Waals surface area (Å²) < 4.78 is 1.70. The molecule has 2 amide bonds. The second kappa shape index (κ2) is 7.75. The van der Waals surface area contributed by atoms with Gasteiger partial charge in [-0.15, -0.1) is 0 Å². The van der Waals surface area contributed by atoms with Crippen LogP contribution >= 0.6 is 11.6 Å². The topological polar surface area (TPSA) is 75.9 Å². The highest BCUT2D eigenvalue weighted by atomic mass is 35.5. The fourth-order valence-corrected chi connectivity index (χ4v) is 3.37. The molecule has 8 heteroatoms. The summed E-state index contributed by atoms with van der Waals surface area (Å²) in [6.07, 6.45) is 8.56. The van der Waals surface area contributed by atoms with Gasteiger partial charge in [0.25, 0.3) is 0 Å². The van der Waals surface area contributed by atoms with Crippen molar-refractivity contribution in [2.45, 2.75) is 18.8 Å². The van der Waals surface area contributed by atoms with Crippen LogP contribution in [0.3, 0.4) is 0 Å². The van der Waals surface area contributed by atoms with E-state index in [9.17, 15) is 4.79 Å². The molecule has 1 aliphatic heterocycles. The summed E-state index contributed by atoms with van der Waals surface area (Å²) in [6.45, 7) is 1.40. The van der Waals surface area contributed by atoms with Gasteiger partial charge in [-0.05, 0) is 43.2 Å². The summed E-state index contributed by atoms with van der Waals surface area (Å²) in [5.41, 5.74) is 2.59. The number of piperidine rings is 1. The molecule has 1 aromatic carbocycles. The second-order valence-electron chi connectivity index (χ2n) is 6.48. The predicted molar refractivity (Wildman–Crippen MR) is 103 cm³/mol. The first-order chi connectivity index (χ1) is 13.2. The lowest BCUT2D eigenvalue weighted by atomic mass is 9.93. The standard InChI is InChI=1S/C19H19ClN6O/c20-15-1-3-17(4-2-15)26-12-16(11-23-26)24-19(27)25-9-6-14(7-10-25)18-5-8-21-13-22-18/h1-5,8,11-14H,6-7,9-10H2,(H,24,27). The predicted octanol–water partition coefficient (Wildman–Crippen LogP) is 3.73. The quantitative estimate of drug-likeness (QED) is 0.748. The van der Waals surface area contributed by atoms with Crippen LogP contribution < -0.4 is 5.32 Å². The number of urea groups is 1. The third kappa shape index (κ3) is 4.09. The zero-order chi connectivity index (χ0) is 18.6. The van der Waals surface area contributed by atoms with Crippen LogP contribution in [0.4, 0.5) is 10.5 Å². The van der Waals surface area contributed by atoms with Gasteiger partial charge >= 0.3 is 6.03 Å². The van der Waals surface area contributed by atoms with Crippen molar-refractivity contribution in [1.29, 1.82) is 0 Å². The normalized spacial score (nSPS) is 14.9. The number of rotatable bonds is 3. The van der Waals surface area contributed by atoms with E-state index in [0.717, 1.165) is 24.2 Å². The molecule has 3 aromatic rings. The molecule has 7 nitrogen and oxygen atoms in total. The van der Waals surface area contributed by atoms with Crippen LogP contribution in [-0.4, -0.2) is 43.8 Å². The van der Waals surface area contributed by atoms with Crippen LogP contribution in [0.5, 0.6) is 0 Å². The van der Waals surface area contributed by atoms with E-state index in [1.54, 1.807) is 41.7 Å². The fraction of sp³-hybridized carbons (Fsp3) is 0.263. The SMILES string of the molecule is O=C(Nc1cnn(-c2ccc(Cl)cc2)c1)N1CCC(c2ccncn2)CC1. The van der Waals surface area contributed by atoms with Gasteiger partial charge in [-0.25, -0.2) is 19.4 Å². The number of nitrogens with one attached hydrogen (secondary N) is 1. The van der Waals surface area contributed by atoms with Crippen LogP contribution in [0, 0.1) is 0 Å². The number of anilines is 1. The van der Waals surface area contributed by atoms with Crippen molar-refractivity contribution in [3.8, 4) is 5.69 Å². The minimum absolute atomic E-state index is 0.105. The van der Waals surface area contributed by atoms with E-state index < -0.39 is 0 Å². The van der Waals surface area contributed by atoms with E-state index in [4.69, 9.17) is 11.6 Å². The maximum atomic E-state index is 12.5. The molecule has 1 N–H and O–H groups in total. The maximum Gasteiger partial charge on any atom is 0.321 e. The number of aromatic nitrogens is 4. The van der Waals surface area contributed by atoms with Crippen molar-refractivity contribution in [3.05, 3.63) is 66.0 Å². The smallest absolute Gasteiger partial charge is 0.321 e. The monoisotopic (exact) mass is 382 g/mol. The van der Waals surface area contributed by atoms with E-state index >= 15 is 0 Å². The minimum atomic E-state index is -0.105. The number of nitrogens with zero attached hydrogens (tertiary/aromatic N) is 5. The van der Waals surface area contributed by atoms with Crippen LogP contribution in [0.1, 0.15) is 24.5 Å². The van der Waals surface area contributed by atoms with Crippen molar-refractivity contribution in [1.82, 2.24) is 24.6 Å². The van der Waals surface area contributed by atoms with Gasteiger partial charge in [-0.1, -0.05) is 11.6 Å². The minimum Gasteiger partial charge on any atom is -0.324 e. The first kappa shape index (κ1) is 17.5. The van der Waals surface area contributed by atoms with E-state index in [1.807, 2.05) is 23.1 Å². The average molecular weight is 383 g/mol. The molecule has 1 fully saturated rings. The number of benzene rings is 1. The van der Waals surface area contributed by atoms with Crippen molar-refractivity contribution >= 4 is 23.3 Å². The van der Waals surface area contributed by atoms with E-state index in [1.165, 1.54) is 0 Å². The summed E-state index contributed by atoms with van der Waals surface area (Å²) in [6, 6.07) is 9.20. The highest BCUT2D eigenvalue weighted by molar-refractivity contribution is 6.30. The molecule has 0 radical (unpaired) electrons. The molecule has 27 heavy (non-hydrogen) atoms. The number of hydrogen-bond acceptors (Lipinski definition) is 4. The number of carbonyl (C=O) groups excluding carboxylic acids is 1. The average Bonchev–Trinajstić information content (AvgIpc) is 3.18. The van der Waals surface area contributed by atoms with E-state index in [2.05, 4.69) is 20.4 Å². The summed E-state index contributed by atoms with van der Waals surface area (Å²) >= 11 is 5.91. The van der Waals surface area contributed by atoms with Gasteiger partial charge < -0.3 is 10.2 Å². The van der Waals surface area contributed by atoms with Gasteiger partial charge in [0.1, 0.15) is 6.33 Å². The maximum absolute atomic E-state index is 12.5. The van der Waals surface area contributed by atoms with Crippen molar-refractivity contribution in [3.63, 3.8) is 0 Å². The molecule has 4 rings (SSSR count). The first-order valence-corrected chi connectivity index (χ1v) is 9.19. The molecule has 3 heterocycles. The van der Waals surface area contributed by atoms with Crippen molar-refractivity contribution in [2.24, 2.45) is 0 Å². The highest BCUT2D eigenvalue weighted by Crippen LogP contribution is 2.26. The zero-order valence-corrected chi connectivity index (χ0v) is 15.4. The van der Waals surface area contributed by atoms with Gasteiger partial charge in [-0.2, -0.15) is 5.10 Å². The third-order valence-electron chi connectivity index (χ3n) is 4.73. The molecule has 0 unspecified atom stereocenters. The van der Waals surface area contributed by atoms with E-state index in [0.29, 0.717) is 29.7 Å². The summed E-state index contributed by atoms with van der Waals surface area (Å²) in [5, 5.41) is 7.88. The molecule has 1 aliphatic rings. The number of amides is 2. The molecule has 0 bridgehead atoms. The lowest BCUT2D eigenvalue weighted by Crippen LogP contribution is -2.40. The lowest BCUT2D eigenvalue weighted by molar-refractivity contribution is 0.194. The zero-order valence-electron chi connectivity index (χ0n) is 14.6. The number of hydrogen-bond donors (Lipinski definition) is 1. The number of carbonyl (C=O) groups is 1. The Balaban J connectivity index is 1.34. The summed E-state index contributed by atoms with van der Waals surface area (Å²) in [7, 11) is 0. The summed E-state index contributed by atoms with van der Waals surface area (Å²) in [4.78, 5) is 22.7. The Morgan fingerprint density at radius 1 is 1.15 bits per heavy atom. The molecular weight excluding hydrogens is 364 g/mol. The molecular formula is C19H19ClN6O. The Hall–Kier alpha value is -2.93. The first-order valence-electron chi connectivity index (χ1n) is 8.81. The fourth-order valence-electron chi connectivity index (χ4n) is 3.25. The Bertz CT molecular complexity index is 903. The second-order valence-corrected chi connectivity index (χ2v) is 6.91. The summed E-state index contributed by atoms with van der Waals surface area (Å²) in [5.74, 6) is 0.379. The van der Waals surface area contributed by atoms with Crippen LogP contribution in [0.25, 0.3) is 5.69 Å². The molecule has 0 aliphatic carbocycles. The van der Waals surface area contributed by atoms with Crippen molar-refractivity contribution < 1.29 is 4.79 Å². The number of halogens is 1. The lowest BCUT2D eigenvalue weighted by Gasteiger charge is -2.31. The van der Waals surface area contributed by atoms with Gasteiger partial charge in [-0.3, -0.25) is 0 Å². The molecule has 1 saturated heterocycles. The van der Waals surface area contributed by atoms with Gasteiger partial charge in [0, 0.05) is 35.9 Å². The van der Waals surface area contributed by atoms with Crippen LogP contribution in [0.2, 0.25) is 5.02 Å². The van der Waals surface area contributed by atoms with Gasteiger partial charge in [0.2, 0.25) is 0 Å². The van der Waals surface area contributed by atoms with Gasteiger partial charge in [0.15, 0.2) is 0 Å². The third-order valence-corrected chi connectivity index (χ3v) is 4.98. The van der Waals surface area contributed by atoms with E-state index in [-0.39, 0.29) is 6.03 Å².